The molecule has 14 heavy (non-hydrogen) atoms. The van der Waals surface area contributed by atoms with Crippen molar-refractivity contribution in [2.45, 2.75) is 25.2 Å². The van der Waals surface area contributed by atoms with Crippen LogP contribution in [0.4, 0.5) is 0 Å². The lowest BCUT2D eigenvalue weighted by atomic mass is 9.96. The second kappa shape index (κ2) is 3.67. The number of carbonyl (C=O) groups is 1. The molecular weight excluding hydrogens is 172 g/mol. The number of fused-ring (bicyclic) bond motifs is 1. The van der Waals surface area contributed by atoms with Gasteiger partial charge >= 0.3 is 0 Å². The average Bonchev–Trinajstić information content (AvgIpc) is 2.54. The van der Waals surface area contributed by atoms with E-state index in [4.69, 9.17) is 6.42 Å². The van der Waals surface area contributed by atoms with E-state index in [0.717, 1.165) is 18.4 Å². The molecule has 1 aromatic rings. The van der Waals surface area contributed by atoms with Crippen molar-refractivity contribution in [3.05, 3.63) is 35.4 Å². The molecule has 1 aromatic carbocycles. The van der Waals surface area contributed by atoms with Crippen molar-refractivity contribution in [2.24, 2.45) is 0 Å². The third-order valence-corrected chi connectivity index (χ3v) is 2.77. The molecular formula is C13H12O. The molecule has 70 valence electrons. The second-order valence-corrected chi connectivity index (χ2v) is 3.65. The van der Waals surface area contributed by atoms with Gasteiger partial charge in [-0.1, -0.05) is 24.3 Å². The highest BCUT2D eigenvalue weighted by atomic mass is 16.1. The molecule has 1 aliphatic carbocycles. The largest absolute Gasteiger partial charge is 0.294 e. The van der Waals surface area contributed by atoms with Crippen LogP contribution in [0.5, 0.6) is 0 Å². The number of Topliss-reactive ketones (excluding diaryl/α,β-unsaturated/α-hetero) is 1. The molecule has 1 nitrogen and oxygen atoms in total. The van der Waals surface area contributed by atoms with Gasteiger partial charge in [0.2, 0.25) is 0 Å². The van der Waals surface area contributed by atoms with Gasteiger partial charge < -0.3 is 0 Å². The summed E-state index contributed by atoms with van der Waals surface area (Å²) in [5.41, 5.74) is 2.09. The topological polar surface area (TPSA) is 17.1 Å². The lowest BCUT2D eigenvalue weighted by Gasteiger charge is -2.07. The molecule has 0 saturated heterocycles. The monoisotopic (exact) mass is 184 g/mol. The van der Waals surface area contributed by atoms with Crippen molar-refractivity contribution in [2.75, 3.05) is 0 Å². The molecule has 1 atom stereocenters. The van der Waals surface area contributed by atoms with E-state index < -0.39 is 0 Å². The molecule has 0 radical (unpaired) electrons. The zero-order chi connectivity index (χ0) is 9.97. The highest BCUT2D eigenvalue weighted by Gasteiger charge is 2.27. The van der Waals surface area contributed by atoms with E-state index in [0.29, 0.717) is 12.3 Å². The molecule has 0 N–H and O–H groups in total. The lowest BCUT2D eigenvalue weighted by molar-refractivity contribution is 0.0988. The van der Waals surface area contributed by atoms with Crippen LogP contribution in [-0.4, -0.2) is 5.78 Å². The van der Waals surface area contributed by atoms with Crippen LogP contribution < -0.4 is 0 Å². The molecule has 1 heteroatoms. The van der Waals surface area contributed by atoms with E-state index in [1.54, 1.807) is 0 Å². The third-order valence-electron chi connectivity index (χ3n) is 2.77. The van der Waals surface area contributed by atoms with Gasteiger partial charge in [0.25, 0.3) is 0 Å². The normalized spacial score (nSPS) is 19.1. The minimum Gasteiger partial charge on any atom is -0.294 e. The number of rotatable bonds is 2. The Morgan fingerprint density at radius 1 is 1.43 bits per heavy atom. The molecule has 0 heterocycles. The van der Waals surface area contributed by atoms with Gasteiger partial charge in [0.1, 0.15) is 0 Å². The summed E-state index contributed by atoms with van der Waals surface area (Å²) in [5, 5.41) is 0. The highest BCUT2D eigenvalue weighted by molar-refractivity contribution is 6.01. The van der Waals surface area contributed by atoms with Crippen molar-refractivity contribution in [3.63, 3.8) is 0 Å². The fourth-order valence-electron chi connectivity index (χ4n) is 2.07. The summed E-state index contributed by atoms with van der Waals surface area (Å²) >= 11 is 0. The Labute approximate surface area is 84.1 Å². The van der Waals surface area contributed by atoms with Crippen LogP contribution in [0.2, 0.25) is 0 Å². The van der Waals surface area contributed by atoms with E-state index >= 15 is 0 Å². The van der Waals surface area contributed by atoms with Crippen LogP contribution in [0, 0.1) is 12.3 Å². The Bertz CT molecular complexity index is 398. The molecule has 0 bridgehead atoms. The van der Waals surface area contributed by atoms with Crippen molar-refractivity contribution in [1.82, 2.24) is 0 Å². The number of hydrogen-bond acceptors (Lipinski definition) is 1. The van der Waals surface area contributed by atoms with Gasteiger partial charge in [-0.15, -0.1) is 12.3 Å². The van der Waals surface area contributed by atoms with E-state index in [-0.39, 0.29) is 5.78 Å². The van der Waals surface area contributed by atoms with Crippen molar-refractivity contribution in [3.8, 4) is 12.3 Å². The highest BCUT2D eigenvalue weighted by Crippen LogP contribution is 2.35. The quantitative estimate of drug-likeness (QED) is 0.646. The van der Waals surface area contributed by atoms with Crippen LogP contribution in [0.15, 0.2) is 24.3 Å². The average molecular weight is 184 g/mol. The SMILES string of the molecule is C#CCC[C@H]1CC(=O)c2ccccc21. The van der Waals surface area contributed by atoms with E-state index in [1.807, 2.05) is 24.3 Å². The van der Waals surface area contributed by atoms with Crippen molar-refractivity contribution in [1.29, 1.82) is 0 Å². The Morgan fingerprint density at radius 2 is 2.21 bits per heavy atom. The molecule has 0 aliphatic heterocycles. The van der Waals surface area contributed by atoms with Gasteiger partial charge in [0.15, 0.2) is 5.78 Å². The summed E-state index contributed by atoms with van der Waals surface area (Å²) in [6, 6.07) is 7.86. The Balaban J connectivity index is 2.26. The molecule has 2 rings (SSSR count). The van der Waals surface area contributed by atoms with Crippen molar-refractivity contribution < 1.29 is 4.79 Å². The molecule has 0 saturated carbocycles. The Hall–Kier alpha value is -1.55. The first-order valence-electron chi connectivity index (χ1n) is 4.88. The van der Waals surface area contributed by atoms with Gasteiger partial charge in [0.05, 0.1) is 0 Å². The third kappa shape index (κ3) is 1.44. The summed E-state index contributed by atoms with van der Waals surface area (Å²) in [6.07, 6.45) is 7.55. The summed E-state index contributed by atoms with van der Waals surface area (Å²) in [4.78, 5) is 11.6. The van der Waals surface area contributed by atoms with Crippen LogP contribution in [-0.2, 0) is 0 Å². The molecule has 0 unspecified atom stereocenters. The summed E-state index contributed by atoms with van der Waals surface area (Å²) < 4.78 is 0. The fourth-order valence-corrected chi connectivity index (χ4v) is 2.07. The smallest absolute Gasteiger partial charge is 0.163 e. The van der Waals surface area contributed by atoms with Gasteiger partial charge in [-0.05, 0) is 17.9 Å². The van der Waals surface area contributed by atoms with E-state index in [9.17, 15) is 4.79 Å². The first-order valence-corrected chi connectivity index (χ1v) is 4.88. The van der Waals surface area contributed by atoms with Gasteiger partial charge in [0, 0.05) is 18.4 Å². The molecule has 0 fully saturated rings. The first-order chi connectivity index (χ1) is 6.83. The minimum atomic E-state index is 0.266. The number of terminal acetylenes is 1. The Morgan fingerprint density at radius 3 is 3.00 bits per heavy atom. The van der Waals surface area contributed by atoms with Crippen LogP contribution in [0.1, 0.15) is 41.1 Å². The van der Waals surface area contributed by atoms with Crippen LogP contribution >= 0.6 is 0 Å². The number of ketones is 1. The minimum absolute atomic E-state index is 0.266. The predicted molar refractivity (Wildman–Crippen MR) is 56.2 cm³/mol. The fraction of sp³-hybridized carbons (Fsp3) is 0.308. The second-order valence-electron chi connectivity index (χ2n) is 3.65. The standard InChI is InChI=1S/C13H12O/c1-2-3-6-10-9-13(14)12-8-5-4-7-11(10)12/h1,4-5,7-8,10H,3,6,9H2/t10-/m0/s1. The van der Waals surface area contributed by atoms with E-state index in [2.05, 4.69) is 5.92 Å². The Kier molecular flexibility index (Phi) is 2.37. The summed E-state index contributed by atoms with van der Waals surface area (Å²) in [5.74, 6) is 3.25. The summed E-state index contributed by atoms with van der Waals surface area (Å²) in [6.45, 7) is 0. The molecule has 0 aromatic heterocycles. The zero-order valence-electron chi connectivity index (χ0n) is 7.99. The van der Waals surface area contributed by atoms with Gasteiger partial charge in [-0.2, -0.15) is 0 Å². The van der Waals surface area contributed by atoms with Gasteiger partial charge in [-0.25, -0.2) is 0 Å². The first kappa shape index (κ1) is 9.02. The summed E-state index contributed by atoms with van der Waals surface area (Å²) in [7, 11) is 0. The number of benzene rings is 1. The number of carbonyl (C=O) groups excluding carboxylic acids is 1. The van der Waals surface area contributed by atoms with Crippen molar-refractivity contribution >= 4 is 5.78 Å². The van der Waals surface area contributed by atoms with Gasteiger partial charge in [-0.3, -0.25) is 4.79 Å². The van der Waals surface area contributed by atoms with Crippen LogP contribution in [0.3, 0.4) is 0 Å². The maximum Gasteiger partial charge on any atom is 0.163 e. The number of hydrogen-bond donors (Lipinski definition) is 0. The molecule has 0 spiro atoms. The van der Waals surface area contributed by atoms with E-state index in [1.165, 1.54) is 5.56 Å². The predicted octanol–water partition coefficient (Wildman–Crippen LogP) is 2.77. The zero-order valence-corrected chi connectivity index (χ0v) is 7.99. The maximum atomic E-state index is 11.6. The maximum absolute atomic E-state index is 11.6. The molecule has 0 amide bonds. The lowest BCUT2D eigenvalue weighted by Crippen LogP contribution is -1.93. The molecule has 1 aliphatic rings. The van der Waals surface area contributed by atoms with Crippen LogP contribution in [0.25, 0.3) is 0 Å².